The van der Waals surface area contributed by atoms with Crippen molar-refractivity contribution in [3.05, 3.63) is 72.3 Å². The molecule has 0 aliphatic carbocycles. The van der Waals surface area contributed by atoms with E-state index < -0.39 is 0 Å². The maximum absolute atomic E-state index is 12.9. The van der Waals surface area contributed by atoms with Gasteiger partial charge >= 0.3 is 6.03 Å². The molecule has 0 saturated carbocycles. The lowest BCUT2D eigenvalue weighted by Crippen LogP contribution is -2.38. The molecule has 1 heterocycles. The lowest BCUT2D eigenvalue weighted by atomic mass is 10.1. The molecule has 4 rings (SSSR count). The van der Waals surface area contributed by atoms with Gasteiger partial charge < -0.3 is 15.0 Å². The Bertz CT molecular complexity index is 966. The third kappa shape index (κ3) is 4.69. The Labute approximate surface area is 171 Å². The van der Waals surface area contributed by atoms with Crippen molar-refractivity contribution in [2.45, 2.75) is 13.0 Å². The number of hydrogen-bond donors (Lipinski definition) is 1. The summed E-state index contributed by atoms with van der Waals surface area (Å²) in [5.41, 5.74) is 2.13. The summed E-state index contributed by atoms with van der Waals surface area (Å²) in [4.78, 5) is 17.2. The minimum atomic E-state index is -0.0207. The molecular formula is C24H27N3O2. The van der Waals surface area contributed by atoms with Crippen molar-refractivity contribution in [3.8, 4) is 5.75 Å². The van der Waals surface area contributed by atoms with Gasteiger partial charge in [0.05, 0.1) is 12.8 Å². The maximum atomic E-state index is 12.9. The monoisotopic (exact) mass is 389 g/mol. The fourth-order valence-corrected chi connectivity index (χ4v) is 3.85. The molecule has 5 heteroatoms. The molecule has 3 aromatic carbocycles. The zero-order chi connectivity index (χ0) is 20.1. The van der Waals surface area contributed by atoms with Crippen LogP contribution in [0.5, 0.6) is 5.75 Å². The zero-order valence-corrected chi connectivity index (χ0v) is 16.8. The second-order valence-corrected chi connectivity index (χ2v) is 7.42. The predicted octanol–water partition coefficient (Wildman–Crippen LogP) is 4.59. The van der Waals surface area contributed by atoms with Crippen molar-refractivity contribution in [2.24, 2.45) is 0 Å². The number of nitrogens with zero attached hydrogens (tertiary/aromatic N) is 2. The summed E-state index contributed by atoms with van der Waals surface area (Å²) in [6.07, 6.45) is 0.971. The average Bonchev–Trinajstić information content (AvgIpc) is 3.00. The van der Waals surface area contributed by atoms with Crippen LogP contribution in [-0.4, -0.2) is 49.1 Å². The minimum Gasteiger partial charge on any atom is -0.497 e. The number of amides is 2. The van der Waals surface area contributed by atoms with Crippen LogP contribution in [0.15, 0.2) is 66.7 Å². The molecule has 3 aromatic rings. The third-order valence-corrected chi connectivity index (χ3v) is 5.47. The number of nitrogens with one attached hydrogen (secondary N) is 1. The van der Waals surface area contributed by atoms with E-state index >= 15 is 0 Å². The van der Waals surface area contributed by atoms with Gasteiger partial charge in [-0.2, -0.15) is 0 Å². The van der Waals surface area contributed by atoms with Gasteiger partial charge in [0.25, 0.3) is 0 Å². The SMILES string of the molecule is COc1ccc(CN2CCCN(C(=O)Nc3cccc4ccccc34)CC2)cc1. The van der Waals surface area contributed by atoms with E-state index in [1.807, 2.05) is 47.4 Å². The summed E-state index contributed by atoms with van der Waals surface area (Å²) < 4.78 is 5.23. The van der Waals surface area contributed by atoms with E-state index in [1.165, 1.54) is 5.56 Å². The molecular weight excluding hydrogens is 362 g/mol. The number of benzene rings is 3. The molecule has 1 saturated heterocycles. The number of ether oxygens (including phenoxy) is 1. The Morgan fingerprint density at radius 2 is 1.72 bits per heavy atom. The van der Waals surface area contributed by atoms with E-state index in [0.29, 0.717) is 0 Å². The topological polar surface area (TPSA) is 44.8 Å². The summed E-state index contributed by atoms with van der Waals surface area (Å²) >= 11 is 0. The number of carbonyl (C=O) groups excluding carboxylic acids is 1. The van der Waals surface area contributed by atoms with Gasteiger partial charge in [0.2, 0.25) is 0 Å². The van der Waals surface area contributed by atoms with Gasteiger partial charge in [0.1, 0.15) is 5.75 Å². The smallest absolute Gasteiger partial charge is 0.321 e. The molecule has 0 spiro atoms. The van der Waals surface area contributed by atoms with E-state index in [1.54, 1.807) is 7.11 Å². The molecule has 1 N–H and O–H groups in total. The first-order chi connectivity index (χ1) is 14.2. The van der Waals surface area contributed by atoms with Crippen molar-refractivity contribution >= 4 is 22.5 Å². The molecule has 1 fully saturated rings. The second-order valence-electron chi connectivity index (χ2n) is 7.42. The fourth-order valence-electron chi connectivity index (χ4n) is 3.85. The van der Waals surface area contributed by atoms with Gasteiger partial charge in [-0.15, -0.1) is 0 Å². The molecule has 1 aliphatic heterocycles. The number of methoxy groups -OCH3 is 1. The van der Waals surface area contributed by atoms with Crippen LogP contribution in [0, 0.1) is 0 Å². The highest BCUT2D eigenvalue weighted by atomic mass is 16.5. The lowest BCUT2D eigenvalue weighted by Gasteiger charge is -2.23. The molecule has 0 aromatic heterocycles. The van der Waals surface area contributed by atoms with Crippen molar-refractivity contribution in [2.75, 3.05) is 38.6 Å². The van der Waals surface area contributed by atoms with Crippen molar-refractivity contribution in [1.29, 1.82) is 0 Å². The predicted molar refractivity (Wildman–Crippen MR) is 117 cm³/mol. The molecule has 1 aliphatic rings. The maximum Gasteiger partial charge on any atom is 0.321 e. The Kier molecular flexibility index (Phi) is 5.96. The highest BCUT2D eigenvalue weighted by molar-refractivity contribution is 6.01. The van der Waals surface area contributed by atoms with Crippen LogP contribution in [0.1, 0.15) is 12.0 Å². The Morgan fingerprint density at radius 1 is 0.931 bits per heavy atom. The lowest BCUT2D eigenvalue weighted by molar-refractivity contribution is 0.211. The van der Waals surface area contributed by atoms with Crippen LogP contribution < -0.4 is 10.1 Å². The normalized spacial score (nSPS) is 15.1. The summed E-state index contributed by atoms with van der Waals surface area (Å²) in [6, 6.07) is 22.3. The van der Waals surface area contributed by atoms with Crippen LogP contribution in [0.3, 0.4) is 0 Å². The Balaban J connectivity index is 1.36. The van der Waals surface area contributed by atoms with E-state index in [4.69, 9.17) is 4.74 Å². The van der Waals surface area contributed by atoms with Crippen LogP contribution in [0.25, 0.3) is 10.8 Å². The molecule has 0 atom stereocenters. The number of rotatable bonds is 4. The summed E-state index contributed by atoms with van der Waals surface area (Å²) in [5.74, 6) is 0.876. The summed E-state index contributed by atoms with van der Waals surface area (Å²) in [7, 11) is 1.68. The first-order valence-corrected chi connectivity index (χ1v) is 10.1. The van der Waals surface area contributed by atoms with Crippen LogP contribution in [0.2, 0.25) is 0 Å². The number of hydrogen-bond acceptors (Lipinski definition) is 3. The van der Waals surface area contributed by atoms with Crippen LogP contribution >= 0.6 is 0 Å². The summed E-state index contributed by atoms with van der Waals surface area (Å²) in [5, 5.41) is 5.31. The third-order valence-electron chi connectivity index (χ3n) is 5.47. The Hall–Kier alpha value is -3.05. The fraction of sp³-hybridized carbons (Fsp3) is 0.292. The van der Waals surface area contributed by atoms with Gasteiger partial charge in [-0.05, 0) is 35.6 Å². The molecule has 2 amide bonds. The molecule has 150 valence electrons. The number of fused-ring (bicyclic) bond motifs is 1. The van der Waals surface area contributed by atoms with Crippen LogP contribution in [0.4, 0.5) is 10.5 Å². The summed E-state index contributed by atoms with van der Waals surface area (Å²) in [6.45, 7) is 4.25. The first kappa shape index (κ1) is 19.3. The van der Waals surface area contributed by atoms with E-state index in [0.717, 1.165) is 61.4 Å². The quantitative estimate of drug-likeness (QED) is 0.710. The number of urea groups is 1. The minimum absolute atomic E-state index is 0.0207. The number of anilines is 1. The average molecular weight is 389 g/mol. The Morgan fingerprint density at radius 3 is 2.55 bits per heavy atom. The van der Waals surface area contributed by atoms with Gasteiger partial charge in [-0.25, -0.2) is 4.79 Å². The van der Waals surface area contributed by atoms with Gasteiger partial charge in [0.15, 0.2) is 0 Å². The van der Waals surface area contributed by atoms with E-state index in [9.17, 15) is 4.79 Å². The second kappa shape index (κ2) is 8.97. The number of carbonyl (C=O) groups is 1. The standard InChI is InChI=1S/C24H27N3O2/c1-29-21-12-10-19(11-13-21)18-26-14-5-15-27(17-16-26)24(28)25-23-9-4-7-20-6-2-3-8-22(20)23/h2-4,6-13H,5,14-18H2,1H3,(H,25,28). The molecule has 29 heavy (non-hydrogen) atoms. The van der Waals surface area contributed by atoms with Crippen molar-refractivity contribution < 1.29 is 9.53 Å². The highest BCUT2D eigenvalue weighted by Gasteiger charge is 2.19. The van der Waals surface area contributed by atoms with Crippen molar-refractivity contribution in [3.63, 3.8) is 0 Å². The van der Waals surface area contributed by atoms with Crippen LogP contribution in [-0.2, 0) is 6.54 Å². The van der Waals surface area contributed by atoms with Gasteiger partial charge in [-0.1, -0.05) is 48.5 Å². The molecule has 0 bridgehead atoms. The van der Waals surface area contributed by atoms with Gasteiger partial charge in [-0.3, -0.25) is 4.90 Å². The highest BCUT2D eigenvalue weighted by Crippen LogP contribution is 2.23. The largest absolute Gasteiger partial charge is 0.497 e. The molecule has 5 nitrogen and oxygen atoms in total. The molecule has 0 unspecified atom stereocenters. The molecule has 0 radical (unpaired) electrons. The van der Waals surface area contributed by atoms with Gasteiger partial charge in [0, 0.05) is 38.1 Å². The zero-order valence-electron chi connectivity index (χ0n) is 16.8. The first-order valence-electron chi connectivity index (χ1n) is 10.1. The van der Waals surface area contributed by atoms with E-state index in [-0.39, 0.29) is 6.03 Å². The van der Waals surface area contributed by atoms with E-state index in [2.05, 4.69) is 34.5 Å². The van der Waals surface area contributed by atoms with Crippen molar-refractivity contribution in [1.82, 2.24) is 9.80 Å².